The number of benzene rings is 2. The van der Waals surface area contributed by atoms with Crippen molar-refractivity contribution in [2.45, 2.75) is 26.8 Å². The van der Waals surface area contributed by atoms with Crippen molar-refractivity contribution in [3.63, 3.8) is 0 Å². The molecule has 1 amide bonds. The Morgan fingerprint density at radius 1 is 1.20 bits per heavy atom. The third-order valence-corrected chi connectivity index (χ3v) is 4.38. The Kier molecular flexibility index (Phi) is 5.19. The van der Waals surface area contributed by atoms with Crippen LogP contribution in [0.2, 0.25) is 5.02 Å². The number of rotatable bonds is 5. The number of hydrogen-bond donors (Lipinski definition) is 1. The number of nitrogens with zero attached hydrogens (tertiary/aromatic N) is 2. The molecule has 0 spiro atoms. The lowest BCUT2D eigenvalue weighted by Gasteiger charge is -2.10. The Bertz CT molecular complexity index is 887. The maximum absolute atomic E-state index is 12.7. The van der Waals surface area contributed by atoms with Crippen LogP contribution in [0.5, 0.6) is 0 Å². The molecule has 3 rings (SSSR count). The molecule has 0 unspecified atom stereocenters. The van der Waals surface area contributed by atoms with Crippen molar-refractivity contribution in [1.29, 1.82) is 0 Å². The summed E-state index contributed by atoms with van der Waals surface area (Å²) in [5.74, 6) is -0.151. The van der Waals surface area contributed by atoms with E-state index < -0.39 is 0 Å². The van der Waals surface area contributed by atoms with E-state index in [4.69, 9.17) is 11.6 Å². The average Bonchev–Trinajstić information content (AvgIpc) is 3.01. The minimum absolute atomic E-state index is 0.151. The SMILES string of the molecule is CCc1c(C(=O)Nc2ccc(Cl)cc2C)cnn1Cc1ccccc1. The Labute approximate surface area is 152 Å². The molecule has 0 atom stereocenters. The van der Waals surface area contributed by atoms with Crippen LogP contribution in [0.15, 0.2) is 54.7 Å². The zero-order chi connectivity index (χ0) is 17.8. The van der Waals surface area contributed by atoms with Gasteiger partial charge in [0.25, 0.3) is 5.91 Å². The molecule has 1 heterocycles. The summed E-state index contributed by atoms with van der Waals surface area (Å²) in [6.45, 7) is 4.60. The highest BCUT2D eigenvalue weighted by Gasteiger charge is 2.17. The fraction of sp³-hybridized carbons (Fsp3) is 0.200. The number of carbonyl (C=O) groups is 1. The summed E-state index contributed by atoms with van der Waals surface area (Å²) in [6.07, 6.45) is 2.37. The van der Waals surface area contributed by atoms with Crippen LogP contribution in [0.1, 0.15) is 34.1 Å². The molecule has 0 aliphatic rings. The van der Waals surface area contributed by atoms with E-state index >= 15 is 0 Å². The van der Waals surface area contributed by atoms with Gasteiger partial charge in [-0.25, -0.2) is 0 Å². The summed E-state index contributed by atoms with van der Waals surface area (Å²) >= 11 is 5.97. The van der Waals surface area contributed by atoms with Crippen molar-refractivity contribution in [2.24, 2.45) is 0 Å². The van der Waals surface area contributed by atoms with Gasteiger partial charge < -0.3 is 5.32 Å². The molecule has 0 saturated carbocycles. The number of halogens is 1. The van der Waals surface area contributed by atoms with Gasteiger partial charge in [-0.1, -0.05) is 48.9 Å². The van der Waals surface area contributed by atoms with Crippen molar-refractivity contribution in [1.82, 2.24) is 9.78 Å². The number of carbonyl (C=O) groups excluding carboxylic acids is 1. The molecular formula is C20H20ClN3O. The van der Waals surface area contributed by atoms with Gasteiger partial charge in [0.2, 0.25) is 0 Å². The van der Waals surface area contributed by atoms with Crippen molar-refractivity contribution in [3.05, 3.63) is 82.1 Å². The van der Waals surface area contributed by atoms with E-state index in [1.807, 2.05) is 48.9 Å². The first-order chi connectivity index (χ1) is 12.1. The largest absolute Gasteiger partial charge is 0.322 e. The Morgan fingerprint density at radius 3 is 2.64 bits per heavy atom. The van der Waals surface area contributed by atoms with Gasteiger partial charge in [0, 0.05) is 10.7 Å². The minimum Gasteiger partial charge on any atom is -0.322 e. The predicted molar refractivity (Wildman–Crippen MR) is 101 cm³/mol. The third-order valence-electron chi connectivity index (χ3n) is 4.14. The lowest BCUT2D eigenvalue weighted by atomic mass is 10.1. The van der Waals surface area contributed by atoms with E-state index in [9.17, 15) is 4.79 Å². The zero-order valence-electron chi connectivity index (χ0n) is 14.3. The number of aromatic nitrogens is 2. The molecule has 1 N–H and O–H groups in total. The van der Waals surface area contributed by atoms with Gasteiger partial charge >= 0.3 is 0 Å². The maximum atomic E-state index is 12.7. The van der Waals surface area contributed by atoms with Gasteiger partial charge in [-0.2, -0.15) is 5.10 Å². The summed E-state index contributed by atoms with van der Waals surface area (Å²) < 4.78 is 1.89. The smallest absolute Gasteiger partial charge is 0.259 e. The van der Waals surface area contributed by atoms with Gasteiger partial charge in [-0.3, -0.25) is 9.48 Å². The molecule has 128 valence electrons. The van der Waals surface area contributed by atoms with Crippen LogP contribution in [0.4, 0.5) is 5.69 Å². The van der Waals surface area contributed by atoms with Crippen molar-refractivity contribution >= 4 is 23.2 Å². The van der Waals surface area contributed by atoms with Gasteiger partial charge in [-0.05, 0) is 42.7 Å². The third kappa shape index (κ3) is 3.91. The molecule has 0 saturated heterocycles. The predicted octanol–water partition coefficient (Wildman–Crippen LogP) is 4.71. The van der Waals surface area contributed by atoms with Crippen LogP contribution >= 0.6 is 11.6 Å². The molecule has 0 aliphatic heterocycles. The Hall–Kier alpha value is -2.59. The molecule has 2 aromatic carbocycles. The molecule has 1 aromatic heterocycles. The minimum atomic E-state index is -0.151. The number of amides is 1. The summed E-state index contributed by atoms with van der Waals surface area (Å²) in [5.41, 5.74) is 4.37. The molecule has 25 heavy (non-hydrogen) atoms. The quantitative estimate of drug-likeness (QED) is 0.722. The second kappa shape index (κ2) is 7.53. The van der Waals surface area contributed by atoms with Gasteiger partial charge in [0.05, 0.1) is 24.0 Å². The van der Waals surface area contributed by atoms with Crippen LogP contribution in [0.25, 0.3) is 0 Å². The van der Waals surface area contributed by atoms with Crippen LogP contribution in [0.3, 0.4) is 0 Å². The first-order valence-electron chi connectivity index (χ1n) is 8.24. The number of aryl methyl sites for hydroxylation is 1. The monoisotopic (exact) mass is 353 g/mol. The average molecular weight is 354 g/mol. The van der Waals surface area contributed by atoms with Gasteiger partial charge in [-0.15, -0.1) is 0 Å². The summed E-state index contributed by atoms with van der Waals surface area (Å²) in [5, 5.41) is 8.02. The molecule has 4 nitrogen and oxygen atoms in total. The Morgan fingerprint density at radius 2 is 1.96 bits per heavy atom. The van der Waals surface area contributed by atoms with E-state index in [-0.39, 0.29) is 5.91 Å². The second-order valence-electron chi connectivity index (χ2n) is 5.92. The standard InChI is InChI=1S/C20H20ClN3O/c1-3-19-17(12-22-24(19)13-15-7-5-4-6-8-15)20(25)23-18-10-9-16(21)11-14(18)2/h4-12H,3,13H2,1-2H3,(H,23,25). The fourth-order valence-electron chi connectivity index (χ4n) is 2.82. The Balaban J connectivity index is 1.83. The van der Waals surface area contributed by atoms with E-state index in [1.165, 1.54) is 0 Å². The topological polar surface area (TPSA) is 46.9 Å². The van der Waals surface area contributed by atoms with E-state index in [0.717, 1.165) is 28.9 Å². The summed E-state index contributed by atoms with van der Waals surface area (Å²) in [7, 11) is 0. The first-order valence-corrected chi connectivity index (χ1v) is 8.62. The molecule has 3 aromatic rings. The van der Waals surface area contributed by atoms with Crippen molar-refractivity contribution in [3.8, 4) is 0 Å². The summed E-state index contributed by atoms with van der Waals surface area (Å²) in [6, 6.07) is 15.5. The van der Waals surface area contributed by atoms with Crippen LogP contribution in [-0.2, 0) is 13.0 Å². The molecule has 0 fully saturated rings. The first kappa shape index (κ1) is 17.2. The molecule has 0 aliphatic carbocycles. The maximum Gasteiger partial charge on any atom is 0.259 e. The van der Waals surface area contributed by atoms with Crippen LogP contribution in [0, 0.1) is 6.92 Å². The highest BCUT2D eigenvalue weighted by molar-refractivity contribution is 6.30. The fourth-order valence-corrected chi connectivity index (χ4v) is 3.05. The molecule has 5 heteroatoms. The highest BCUT2D eigenvalue weighted by Crippen LogP contribution is 2.21. The van der Waals surface area contributed by atoms with E-state index in [1.54, 1.807) is 12.3 Å². The van der Waals surface area contributed by atoms with E-state index in [2.05, 4.69) is 22.5 Å². The number of nitrogens with one attached hydrogen (secondary N) is 1. The lowest BCUT2D eigenvalue weighted by molar-refractivity contribution is 0.102. The van der Waals surface area contributed by atoms with Gasteiger partial charge in [0.1, 0.15) is 0 Å². The highest BCUT2D eigenvalue weighted by atomic mass is 35.5. The molecular weight excluding hydrogens is 334 g/mol. The molecule has 0 bridgehead atoms. The normalized spacial score (nSPS) is 10.7. The van der Waals surface area contributed by atoms with Crippen molar-refractivity contribution in [2.75, 3.05) is 5.32 Å². The second-order valence-corrected chi connectivity index (χ2v) is 6.35. The van der Waals surface area contributed by atoms with Gasteiger partial charge in [0.15, 0.2) is 0 Å². The van der Waals surface area contributed by atoms with Crippen LogP contribution in [-0.4, -0.2) is 15.7 Å². The number of hydrogen-bond acceptors (Lipinski definition) is 2. The lowest BCUT2D eigenvalue weighted by Crippen LogP contribution is -2.15. The zero-order valence-corrected chi connectivity index (χ0v) is 15.0. The molecule has 0 radical (unpaired) electrons. The van der Waals surface area contributed by atoms with Crippen LogP contribution < -0.4 is 5.32 Å². The van der Waals surface area contributed by atoms with Crippen molar-refractivity contribution < 1.29 is 4.79 Å². The summed E-state index contributed by atoms with van der Waals surface area (Å²) in [4.78, 5) is 12.7. The number of anilines is 1. The van der Waals surface area contributed by atoms with E-state index in [0.29, 0.717) is 17.1 Å².